The molecule has 0 aromatic heterocycles. The van der Waals surface area contributed by atoms with Crippen molar-refractivity contribution in [3.05, 3.63) is 12.7 Å². The maximum atomic E-state index is 13.9. The molecule has 0 radical (unpaired) electrons. The molecule has 2 rings (SSSR count). The maximum absolute atomic E-state index is 13.9. The number of rotatable bonds is 13. The van der Waals surface area contributed by atoms with E-state index in [0.29, 0.717) is 12.8 Å². The predicted octanol–water partition coefficient (Wildman–Crippen LogP) is 0.0255. The van der Waals surface area contributed by atoms with Gasteiger partial charge in [-0.2, -0.15) is 12.7 Å². The average molecular weight is 652 g/mol. The summed E-state index contributed by atoms with van der Waals surface area (Å²) in [4.78, 5) is 67.2. The second-order valence-electron chi connectivity index (χ2n) is 13.4. The SMILES string of the molecule is C#CCCC(NC(=O)[C@@H]1CCCN1C(=O)[C@@H](NC(=O)N[C@H](CN1CCNS1(=O)=O)C(C)(C)C)C(C)(C)C)C(=O)C(=O)NCC=C. The van der Waals surface area contributed by atoms with Crippen molar-refractivity contribution in [1.29, 1.82) is 0 Å². The topological polar surface area (TPSA) is 186 Å². The van der Waals surface area contributed by atoms with E-state index in [4.69, 9.17) is 6.42 Å². The molecule has 0 bridgehead atoms. The number of Topliss-reactive ketones (excluding diaryl/α,β-unsaturated/α-hetero) is 1. The highest BCUT2D eigenvalue weighted by molar-refractivity contribution is 7.87. The van der Waals surface area contributed by atoms with Gasteiger partial charge in [0, 0.05) is 45.2 Å². The minimum atomic E-state index is -3.64. The van der Waals surface area contributed by atoms with Gasteiger partial charge in [0.05, 0.1) is 6.04 Å². The van der Waals surface area contributed by atoms with Crippen LogP contribution in [0.4, 0.5) is 4.79 Å². The number of terminal acetylenes is 1. The second kappa shape index (κ2) is 15.7. The van der Waals surface area contributed by atoms with Crippen LogP contribution in [0.2, 0.25) is 0 Å². The van der Waals surface area contributed by atoms with Crippen molar-refractivity contribution in [3.8, 4) is 12.3 Å². The molecule has 2 saturated heterocycles. The summed E-state index contributed by atoms with van der Waals surface area (Å²) in [5.41, 5.74) is -1.29. The molecular formula is C30H49N7O7S. The minimum Gasteiger partial charge on any atom is -0.346 e. The number of likely N-dealkylation sites (tertiary alicyclic amines) is 1. The molecule has 14 nitrogen and oxygen atoms in total. The lowest BCUT2D eigenvalue weighted by atomic mass is 9.85. The monoisotopic (exact) mass is 651 g/mol. The molecule has 5 N–H and O–H groups in total. The highest BCUT2D eigenvalue weighted by Crippen LogP contribution is 2.27. The van der Waals surface area contributed by atoms with Gasteiger partial charge in [-0.15, -0.1) is 18.9 Å². The summed E-state index contributed by atoms with van der Waals surface area (Å²) < 4.78 is 28.4. The number of urea groups is 1. The summed E-state index contributed by atoms with van der Waals surface area (Å²) in [6.45, 7) is 15.4. The van der Waals surface area contributed by atoms with Crippen molar-refractivity contribution in [2.24, 2.45) is 10.8 Å². The van der Waals surface area contributed by atoms with E-state index in [1.54, 1.807) is 20.8 Å². The van der Waals surface area contributed by atoms with Gasteiger partial charge in [0.2, 0.25) is 17.6 Å². The predicted molar refractivity (Wildman–Crippen MR) is 170 cm³/mol. The lowest BCUT2D eigenvalue weighted by Crippen LogP contribution is -2.62. The van der Waals surface area contributed by atoms with E-state index in [9.17, 15) is 32.4 Å². The summed E-state index contributed by atoms with van der Waals surface area (Å²) in [5, 5.41) is 10.6. The van der Waals surface area contributed by atoms with Crippen LogP contribution in [-0.4, -0.2) is 104 Å². The molecule has 2 fully saturated rings. The van der Waals surface area contributed by atoms with Crippen LogP contribution < -0.4 is 26.0 Å². The van der Waals surface area contributed by atoms with Crippen LogP contribution in [0.3, 0.4) is 0 Å². The Morgan fingerprint density at radius 1 is 1.04 bits per heavy atom. The minimum absolute atomic E-state index is 0.0410. The molecule has 0 aliphatic carbocycles. The molecule has 45 heavy (non-hydrogen) atoms. The molecule has 15 heteroatoms. The smallest absolute Gasteiger partial charge is 0.315 e. The van der Waals surface area contributed by atoms with E-state index in [0.717, 1.165) is 0 Å². The van der Waals surface area contributed by atoms with E-state index in [1.165, 1.54) is 15.3 Å². The fourth-order valence-electron chi connectivity index (χ4n) is 5.06. The van der Waals surface area contributed by atoms with Crippen LogP contribution in [0.1, 0.15) is 67.2 Å². The Balaban J connectivity index is 2.20. The largest absolute Gasteiger partial charge is 0.346 e. The van der Waals surface area contributed by atoms with Crippen LogP contribution >= 0.6 is 0 Å². The fourth-order valence-corrected chi connectivity index (χ4v) is 6.27. The third kappa shape index (κ3) is 10.5. The van der Waals surface area contributed by atoms with Gasteiger partial charge in [-0.05, 0) is 30.1 Å². The van der Waals surface area contributed by atoms with Gasteiger partial charge in [-0.1, -0.05) is 47.6 Å². The normalized spacial score (nSPS) is 20.3. The van der Waals surface area contributed by atoms with E-state index >= 15 is 0 Å². The summed E-state index contributed by atoms with van der Waals surface area (Å²) in [7, 11) is -3.64. The Morgan fingerprint density at radius 3 is 2.24 bits per heavy atom. The zero-order valence-electron chi connectivity index (χ0n) is 27.2. The third-order valence-corrected chi connectivity index (χ3v) is 9.37. The van der Waals surface area contributed by atoms with Gasteiger partial charge in [0.25, 0.3) is 16.1 Å². The van der Waals surface area contributed by atoms with Crippen LogP contribution in [0.5, 0.6) is 0 Å². The number of hydrogen-bond donors (Lipinski definition) is 5. The molecule has 5 amide bonds. The lowest BCUT2D eigenvalue weighted by Gasteiger charge is -2.37. The van der Waals surface area contributed by atoms with E-state index < -0.39 is 74.7 Å². The Hall–Kier alpha value is -3.48. The van der Waals surface area contributed by atoms with Crippen LogP contribution in [-0.2, 0) is 29.4 Å². The van der Waals surface area contributed by atoms with Gasteiger partial charge < -0.3 is 26.2 Å². The summed E-state index contributed by atoms with van der Waals surface area (Å²) in [5.74, 6) is -0.414. The Bertz CT molecular complexity index is 1280. The first-order chi connectivity index (χ1) is 20.8. The van der Waals surface area contributed by atoms with Gasteiger partial charge in [-0.25, -0.2) is 9.52 Å². The highest BCUT2D eigenvalue weighted by Gasteiger charge is 2.43. The number of nitrogens with one attached hydrogen (secondary N) is 5. The Labute approximate surface area is 267 Å². The lowest BCUT2D eigenvalue weighted by molar-refractivity contribution is -0.143. The molecule has 2 aliphatic heterocycles. The van der Waals surface area contributed by atoms with Crippen molar-refractivity contribution in [2.75, 3.05) is 32.7 Å². The van der Waals surface area contributed by atoms with Crippen LogP contribution in [0.15, 0.2) is 12.7 Å². The Morgan fingerprint density at radius 2 is 1.71 bits per heavy atom. The maximum Gasteiger partial charge on any atom is 0.315 e. The number of nitrogens with zero attached hydrogens (tertiary/aromatic N) is 2. The van der Waals surface area contributed by atoms with Crippen LogP contribution in [0, 0.1) is 23.2 Å². The molecule has 4 atom stereocenters. The number of ketones is 1. The second-order valence-corrected chi connectivity index (χ2v) is 15.2. The van der Waals surface area contributed by atoms with E-state index in [1.807, 2.05) is 20.8 Å². The molecule has 2 aliphatic rings. The third-order valence-electron chi connectivity index (χ3n) is 7.79. The summed E-state index contributed by atoms with van der Waals surface area (Å²) in [6.07, 6.45) is 7.79. The first-order valence-corrected chi connectivity index (χ1v) is 16.6. The highest BCUT2D eigenvalue weighted by atomic mass is 32.2. The zero-order chi connectivity index (χ0) is 34.2. The molecule has 0 spiro atoms. The molecule has 0 aromatic carbocycles. The first kappa shape index (κ1) is 37.7. The molecule has 0 aromatic rings. The van der Waals surface area contributed by atoms with Gasteiger partial charge in [0.15, 0.2) is 0 Å². The first-order valence-electron chi connectivity index (χ1n) is 15.1. The van der Waals surface area contributed by atoms with Gasteiger partial charge in [-0.3, -0.25) is 19.2 Å². The van der Waals surface area contributed by atoms with Crippen molar-refractivity contribution in [2.45, 2.75) is 91.4 Å². The number of carbonyl (C=O) groups is 5. The van der Waals surface area contributed by atoms with Gasteiger partial charge in [0.1, 0.15) is 12.1 Å². The standard InChI is InChI=1S/C30H49N7O7S/c1-9-11-13-20(23(38)26(40)31-15-10-2)33-25(39)21-14-12-17-37(21)27(41)24(30(6,7)8)35-28(42)34-22(29(3,4)5)19-36-18-16-32-45(36,43)44/h1,10,20-22,24,32H,2,11-19H2,3-8H3,(H,31,40)(H,33,39)(H2,34,35,42)/t20?,21-,22+,24+/m0/s1. The molecular weight excluding hydrogens is 602 g/mol. The van der Waals surface area contributed by atoms with E-state index in [-0.39, 0.29) is 45.6 Å². The van der Waals surface area contributed by atoms with Gasteiger partial charge >= 0.3 is 6.03 Å². The van der Waals surface area contributed by atoms with Crippen molar-refractivity contribution in [3.63, 3.8) is 0 Å². The zero-order valence-corrected chi connectivity index (χ0v) is 28.0. The Kier molecular flexibility index (Phi) is 13.1. The van der Waals surface area contributed by atoms with E-state index in [2.05, 4.69) is 38.5 Å². The number of carbonyl (C=O) groups excluding carboxylic acids is 5. The van der Waals surface area contributed by atoms with Crippen molar-refractivity contribution < 1.29 is 32.4 Å². The quantitative estimate of drug-likeness (QED) is 0.106. The van der Waals surface area contributed by atoms with Crippen molar-refractivity contribution >= 4 is 39.7 Å². The number of amides is 5. The molecule has 2 heterocycles. The summed E-state index contributed by atoms with van der Waals surface area (Å²) >= 11 is 0. The molecule has 252 valence electrons. The van der Waals surface area contributed by atoms with Crippen molar-refractivity contribution in [1.82, 2.24) is 35.2 Å². The fraction of sp³-hybridized carbons (Fsp3) is 0.700. The summed E-state index contributed by atoms with van der Waals surface area (Å²) in [6, 6.07) is -4.40. The molecule has 0 saturated carbocycles. The number of hydrogen-bond acceptors (Lipinski definition) is 7. The molecule has 1 unspecified atom stereocenters. The van der Waals surface area contributed by atoms with Crippen LogP contribution in [0.25, 0.3) is 0 Å². The average Bonchev–Trinajstić information content (AvgIpc) is 3.56.